The number of aliphatic hydroxyl groups is 1. The number of hydrogen-bond acceptors (Lipinski definition) is 7. The van der Waals surface area contributed by atoms with Crippen molar-refractivity contribution in [2.75, 3.05) is 30.3 Å². The monoisotopic (exact) mass is 391 g/mol. The van der Waals surface area contributed by atoms with E-state index in [1.807, 2.05) is 0 Å². The molecule has 7 nitrogen and oxygen atoms in total. The van der Waals surface area contributed by atoms with E-state index in [1.165, 1.54) is 11.3 Å². The molecule has 3 heterocycles. The summed E-state index contributed by atoms with van der Waals surface area (Å²) < 4.78 is 0. The zero-order chi connectivity index (χ0) is 19.6. The first-order valence-electron chi connectivity index (χ1n) is 9.58. The van der Waals surface area contributed by atoms with Gasteiger partial charge in [0.2, 0.25) is 0 Å². The topological polar surface area (TPSA) is 117 Å². The van der Waals surface area contributed by atoms with Gasteiger partial charge in [0.25, 0.3) is 5.91 Å². The second kappa shape index (κ2) is 8.41. The minimum atomic E-state index is -0.496. The predicted octanol–water partition coefficient (Wildman–Crippen LogP) is 1.87. The van der Waals surface area contributed by atoms with Crippen molar-refractivity contribution in [3.8, 4) is 0 Å². The van der Waals surface area contributed by atoms with Gasteiger partial charge in [0, 0.05) is 31.1 Å². The number of nitrogen functional groups attached to an aromatic ring is 1. The van der Waals surface area contributed by atoms with Crippen LogP contribution in [0.5, 0.6) is 0 Å². The fourth-order valence-corrected chi connectivity index (χ4v) is 4.63. The van der Waals surface area contributed by atoms with Crippen LogP contribution in [0, 0.1) is 0 Å². The average Bonchev–Trinajstić information content (AvgIpc) is 2.98. The number of aryl methyl sites for hydroxylation is 1. The van der Waals surface area contributed by atoms with Crippen LogP contribution in [0.15, 0.2) is 6.07 Å². The Morgan fingerprint density at radius 2 is 2.19 bits per heavy atom. The number of carbonyl (C=O) groups excluding carboxylic acids is 1. The normalized spacial score (nSPS) is 16.8. The van der Waals surface area contributed by atoms with E-state index in [1.54, 1.807) is 6.92 Å². The Morgan fingerprint density at radius 1 is 1.48 bits per heavy atom. The van der Waals surface area contributed by atoms with Crippen LogP contribution < -0.4 is 21.7 Å². The highest BCUT2D eigenvalue weighted by molar-refractivity contribution is 7.21. The molecule has 6 N–H and O–H groups in total. The molecule has 2 aromatic heterocycles. The van der Waals surface area contributed by atoms with E-state index in [0.29, 0.717) is 23.2 Å². The maximum atomic E-state index is 11.7. The van der Waals surface area contributed by atoms with Crippen LogP contribution in [0.1, 0.15) is 48.3 Å². The fraction of sp³-hybridized carbons (Fsp3) is 0.579. The predicted molar refractivity (Wildman–Crippen MR) is 111 cm³/mol. The first-order valence-corrected chi connectivity index (χ1v) is 10.4. The van der Waals surface area contributed by atoms with Crippen LogP contribution in [-0.2, 0) is 6.42 Å². The largest absolute Gasteiger partial charge is 0.397 e. The smallest absolute Gasteiger partial charge is 0.260 e. The van der Waals surface area contributed by atoms with Gasteiger partial charge in [0.05, 0.1) is 11.8 Å². The molecule has 1 amide bonds. The minimum absolute atomic E-state index is 0.326. The van der Waals surface area contributed by atoms with Crippen molar-refractivity contribution in [2.45, 2.75) is 51.7 Å². The minimum Gasteiger partial charge on any atom is -0.397 e. The van der Waals surface area contributed by atoms with E-state index in [4.69, 9.17) is 16.5 Å². The Morgan fingerprint density at radius 3 is 2.78 bits per heavy atom. The number of primary amides is 1. The summed E-state index contributed by atoms with van der Waals surface area (Å²) in [5.41, 5.74) is 13.3. The quantitative estimate of drug-likeness (QED) is 0.572. The number of rotatable bonds is 7. The molecular weight excluding hydrogens is 362 g/mol. The summed E-state index contributed by atoms with van der Waals surface area (Å²) in [6.07, 6.45) is 3.57. The van der Waals surface area contributed by atoms with Crippen molar-refractivity contribution in [2.24, 2.45) is 5.73 Å². The zero-order valence-corrected chi connectivity index (χ0v) is 16.8. The number of thiophene rings is 1. The number of nitrogens with one attached hydrogen (secondary N) is 1. The van der Waals surface area contributed by atoms with Crippen molar-refractivity contribution in [1.29, 1.82) is 0 Å². The van der Waals surface area contributed by atoms with Gasteiger partial charge in [-0.3, -0.25) is 4.79 Å². The molecule has 0 radical (unpaired) electrons. The molecule has 1 aliphatic heterocycles. The van der Waals surface area contributed by atoms with E-state index in [0.717, 1.165) is 60.4 Å². The summed E-state index contributed by atoms with van der Waals surface area (Å²) in [5, 5.41) is 13.7. The van der Waals surface area contributed by atoms with E-state index < -0.39 is 5.91 Å². The summed E-state index contributed by atoms with van der Waals surface area (Å²) in [6, 6.07) is 2.54. The van der Waals surface area contributed by atoms with Crippen LogP contribution in [-0.4, -0.2) is 47.8 Å². The van der Waals surface area contributed by atoms with Crippen molar-refractivity contribution in [1.82, 2.24) is 10.3 Å². The SMILES string of the molecule is CCCc1cc(N2CCC(NC[C@@H](C)O)CC2)nc2sc(C(N)=O)c(N)c12. The van der Waals surface area contributed by atoms with E-state index >= 15 is 0 Å². The molecule has 0 spiro atoms. The molecule has 8 heteroatoms. The second-order valence-electron chi connectivity index (χ2n) is 7.30. The van der Waals surface area contributed by atoms with Gasteiger partial charge in [-0.05, 0) is 37.8 Å². The average molecular weight is 392 g/mol. The molecule has 1 saturated heterocycles. The third-order valence-corrected chi connectivity index (χ3v) is 6.15. The number of pyridine rings is 1. The summed E-state index contributed by atoms with van der Waals surface area (Å²) in [4.78, 5) is 20.0. The fourth-order valence-electron chi connectivity index (χ4n) is 3.65. The molecule has 0 unspecified atom stereocenters. The van der Waals surface area contributed by atoms with Crippen LogP contribution in [0.3, 0.4) is 0 Å². The lowest BCUT2D eigenvalue weighted by atomic mass is 10.0. The Kier molecular flexibility index (Phi) is 6.18. The van der Waals surface area contributed by atoms with E-state index in [2.05, 4.69) is 23.2 Å². The molecule has 2 aromatic rings. The highest BCUT2D eigenvalue weighted by Gasteiger charge is 2.23. The molecule has 1 aliphatic rings. The van der Waals surface area contributed by atoms with Gasteiger partial charge in [0.15, 0.2) is 0 Å². The Labute approximate surface area is 163 Å². The van der Waals surface area contributed by atoms with Gasteiger partial charge in [-0.1, -0.05) is 13.3 Å². The number of nitrogens with zero attached hydrogens (tertiary/aromatic N) is 2. The summed E-state index contributed by atoms with van der Waals surface area (Å²) >= 11 is 1.28. The van der Waals surface area contributed by atoms with Gasteiger partial charge >= 0.3 is 0 Å². The standard InChI is InChI=1S/C19H29N5O2S/c1-3-4-12-9-14(23-19-15(12)16(20)17(27-19)18(21)26)24-7-5-13(6-8-24)22-10-11(2)25/h9,11,13,22,25H,3-8,10,20H2,1-2H3,(H2,21,26)/t11-/m1/s1. The summed E-state index contributed by atoms with van der Waals surface area (Å²) in [6.45, 7) is 6.36. The van der Waals surface area contributed by atoms with E-state index in [-0.39, 0.29) is 6.10 Å². The van der Waals surface area contributed by atoms with Crippen LogP contribution >= 0.6 is 11.3 Å². The summed E-state index contributed by atoms with van der Waals surface area (Å²) in [5.74, 6) is 0.446. The second-order valence-corrected chi connectivity index (χ2v) is 8.30. The van der Waals surface area contributed by atoms with Gasteiger partial charge in [0.1, 0.15) is 15.5 Å². The molecule has 1 atom stereocenters. The molecule has 0 bridgehead atoms. The van der Waals surface area contributed by atoms with Gasteiger partial charge in [-0.15, -0.1) is 11.3 Å². The molecule has 0 saturated carbocycles. The van der Waals surface area contributed by atoms with Crippen molar-refractivity contribution in [3.63, 3.8) is 0 Å². The number of nitrogens with two attached hydrogens (primary N) is 2. The lowest BCUT2D eigenvalue weighted by Crippen LogP contribution is -2.44. The van der Waals surface area contributed by atoms with E-state index in [9.17, 15) is 9.90 Å². The Balaban J connectivity index is 1.84. The van der Waals surface area contributed by atoms with Gasteiger partial charge < -0.3 is 26.8 Å². The Bertz CT molecular complexity index is 812. The lowest BCUT2D eigenvalue weighted by molar-refractivity contribution is 0.100. The number of aromatic nitrogens is 1. The molecule has 1 fully saturated rings. The molecule has 148 valence electrons. The van der Waals surface area contributed by atoms with Crippen molar-refractivity contribution >= 4 is 39.0 Å². The van der Waals surface area contributed by atoms with Crippen LogP contribution in [0.4, 0.5) is 11.5 Å². The zero-order valence-electron chi connectivity index (χ0n) is 16.0. The Hall–Kier alpha value is -1.90. The molecular formula is C19H29N5O2S. The first kappa shape index (κ1) is 19.9. The molecule has 0 aliphatic carbocycles. The number of hydrogen-bond donors (Lipinski definition) is 4. The lowest BCUT2D eigenvalue weighted by Gasteiger charge is -2.33. The third-order valence-electron chi connectivity index (χ3n) is 5.03. The van der Waals surface area contributed by atoms with Crippen molar-refractivity contribution < 1.29 is 9.90 Å². The van der Waals surface area contributed by atoms with Crippen molar-refractivity contribution in [3.05, 3.63) is 16.5 Å². The number of piperidine rings is 1. The highest BCUT2D eigenvalue weighted by atomic mass is 32.1. The molecule has 27 heavy (non-hydrogen) atoms. The number of anilines is 2. The number of fused-ring (bicyclic) bond motifs is 1. The maximum Gasteiger partial charge on any atom is 0.260 e. The number of amides is 1. The van der Waals surface area contributed by atoms with Crippen LogP contribution in [0.2, 0.25) is 0 Å². The third kappa shape index (κ3) is 4.34. The van der Waals surface area contributed by atoms with Gasteiger partial charge in [-0.2, -0.15) is 0 Å². The first-order chi connectivity index (χ1) is 12.9. The summed E-state index contributed by atoms with van der Waals surface area (Å²) in [7, 11) is 0. The van der Waals surface area contributed by atoms with Crippen LogP contribution in [0.25, 0.3) is 10.2 Å². The highest BCUT2D eigenvalue weighted by Crippen LogP contribution is 2.37. The number of carbonyl (C=O) groups is 1. The molecule has 0 aromatic carbocycles. The molecule has 3 rings (SSSR count). The van der Waals surface area contributed by atoms with Gasteiger partial charge in [-0.25, -0.2) is 4.98 Å². The maximum absolute atomic E-state index is 11.7. The number of aliphatic hydroxyl groups excluding tert-OH is 1.